The van der Waals surface area contributed by atoms with E-state index in [1.54, 1.807) is 0 Å². The Balaban J connectivity index is 1.29. The van der Waals surface area contributed by atoms with Crippen LogP contribution in [0.1, 0.15) is 42.2 Å². The third-order valence-corrected chi connectivity index (χ3v) is 9.82. The number of aromatic nitrogens is 3. The summed E-state index contributed by atoms with van der Waals surface area (Å²) in [5.41, 5.74) is 0.330. The fourth-order valence-electron chi connectivity index (χ4n) is 7.95. The molecule has 2 N–H and O–H groups in total. The Hall–Kier alpha value is -4.59. The molecule has 2 atom stereocenters. The van der Waals surface area contributed by atoms with Crippen molar-refractivity contribution >= 4 is 27.5 Å². The van der Waals surface area contributed by atoms with Gasteiger partial charge in [-0.25, -0.2) is 8.78 Å². The SMILES string of the molecule is [2H]C([2H])([2H])[C@@]12CC[C@@H](CN(c3nc(OCC45CC(=C)CN4CC(=C)C5)nc4c(F)c(-c5cc(O)cc6ccc(F)c(C#C)c56)ncc34)C1)N2. The maximum atomic E-state index is 17.0. The van der Waals surface area contributed by atoms with Crippen molar-refractivity contribution in [3.63, 3.8) is 0 Å². The molecule has 4 aromatic rings. The zero-order valence-electron chi connectivity index (χ0n) is 28.2. The number of phenolic OH excluding ortho intramolecular Hbond substituents is 1. The van der Waals surface area contributed by atoms with Crippen LogP contribution in [0.25, 0.3) is 32.9 Å². The summed E-state index contributed by atoms with van der Waals surface area (Å²) >= 11 is 0. The Bertz CT molecular complexity index is 2130. The van der Waals surface area contributed by atoms with Gasteiger partial charge in [0, 0.05) is 59.0 Å². The minimum Gasteiger partial charge on any atom is -0.508 e. The van der Waals surface area contributed by atoms with Gasteiger partial charge in [-0.2, -0.15) is 9.97 Å². The number of hydrogen-bond acceptors (Lipinski definition) is 8. The van der Waals surface area contributed by atoms with Crippen LogP contribution in [0.4, 0.5) is 14.6 Å². The number of hydrogen-bond donors (Lipinski definition) is 2. The molecule has 0 unspecified atom stereocenters. The van der Waals surface area contributed by atoms with Gasteiger partial charge >= 0.3 is 6.01 Å². The summed E-state index contributed by atoms with van der Waals surface area (Å²) in [7, 11) is 0. The third kappa shape index (κ3) is 4.52. The lowest BCUT2D eigenvalue weighted by Crippen LogP contribution is -2.58. The predicted octanol–water partition coefficient (Wildman–Crippen LogP) is 5.48. The number of aromatic hydroxyl groups is 1. The summed E-state index contributed by atoms with van der Waals surface area (Å²) in [4.78, 5) is 18.0. The molecule has 4 saturated heterocycles. The van der Waals surface area contributed by atoms with Crippen molar-refractivity contribution in [1.82, 2.24) is 25.2 Å². The maximum Gasteiger partial charge on any atom is 0.319 e. The van der Waals surface area contributed by atoms with Crippen LogP contribution in [0.5, 0.6) is 11.8 Å². The molecule has 0 saturated carbocycles. The lowest BCUT2D eigenvalue weighted by atomic mass is 9.92. The number of benzene rings is 2. The largest absolute Gasteiger partial charge is 0.508 e. The maximum absolute atomic E-state index is 17.0. The Morgan fingerprint density at radius 3 is 2.78 bits per heavy atom. The topological polar surface area (TPSA) is 86.6 Å². The van der Waals surface area contributed by atoms with E-state index in [4.69, 9.17) is 20.3 Å². The van der Waals surface area contributed by atoms with Gasteiger partial charge in [0.2, 0.25) is 0 Å². The molecular weight excluding hydrogens is 586 g/mol. The zero-order valence-corrected chi connectivity index (χ0v) is 25.2. The highest BCUT2D eigenvalue weighted by Crippen LogP contribution is 2.44. The molecule has 0 radical (unpaired) electrons. The van der Waals surface area contributed by atoms with Gasteiger partial charge in [-0.3, -0.25) is 9.88 Å². The average molecular weight is 624 g/mol. The van der Waals surface area contributed by atoms with Gasteiger partial charge in [0.1, 0.15) is 35.2 Å². The number of halogens is 2. The van der Waals surface area contributed by atoms with Crippen LogP contribution in [0, 0.1) is 24.0 Å². The Morgan fingerprint density at radius 2 is 2.02 bits per heavy atom. The predicted molar refractivity (Wildman–Crippen MR) is 174 cm³/mol. The standard InChI is InChI=1S/C36H34F2N6O2/c1-5-25-28(37)7-6-22-10-24(45)11-26(29(22)25)31-30(38)32-27(14-39-31)33(43-17-23-8-9-35(4,18-43)42-23)41-34(40-32)46-19-36-12-20(2)15-44(36)16-21(3)13-36/h1,6-7,10-11,14,23,42,45H,2-3,8-9,12-13,15-19H2,4H3/t23-,35+/m0/s1/i4D3. The Morgan fingerprint density at radius 1 is 1.22 bits per heavy atom. The molecule has 10 heteroatoms. The number of phenols is 1. The number of pyridine rings is 1. The number of anilines is 1. The fourth-order valence-corrected chi connectivity index (χ4v) is 7.95. The van der Waals surface area contributed by atoms with Crippen LogP contribution >= 0.6 is 0 Å². The molecule has 4 aliphatic rings. The van der Waals surface area contributed by atoms with Gasteiger partial charge in [-0.05, 0) is 56.1 Å². The minimum absolute atomic E-state index is 0.0761. The summed E-state index contributed by atoms with van der Waals surface area (Å²) in [6, 6.07) is 5.17. The monoisotopic (exact) mass is 623 g/mol. The molecule has 0 amide bonds. The van der Waals surface area contributed by atoms with E-state index in [1.165, 1.54) is 30.5 Å². The molecule has 4 fully saturated rings. The minimum atomic E-state index is -2.29. The van der Waals surface area contributed by atoms with Gasteiger partial charge in [0.25, 0.3) is 0 Å². The van der Waals surface area contributed by atoms with E-state index in [9.17, 15) is 9.50 Å². The quantitative estimate of drug-likeness (QED) is 0.223. The summed E-state index contributed by atoms with van der Waals surface area (Å²) in [5, 5.41) is 14.8. The highest BCUT2D eigenvalue weighted by Gasteiger charge is 2.48. The van der Waals surface area contributed by atoms with E-state index >= 15 is 4.39 Å². The lowest BCUT2D eigenvalue weighted by molar-refractivity contribution is 0.108. The van der Waals surface area contributed by atoms with E-state index in [2.05, 4.69) is 39.3 Å². The highest BCUT2D eigenvalue weighted by atomic mass is 19.1. The van der Waals surface area contributed by atoms with Crippen molar-refractivity contribution in [1.29, 1.82) is 0 Å². The van der Waals surface area contributed by atoms with E-state index in [-0.39, 0.29) is 69.6 Å². The molecule has 8 nitrogen and oxygen atoms in total. The van der Waals surface area contributed by atoms with Gasteiger partial charge in [-0.15, -0.1) is 6.42 Å². The van der Waals surface area contributed by atoms with Crippen LogP contribution in [-0.4, -0.2) is 74.9 Å². The number of fused-ring (bicyclic) bond motifs is 5. The molecule has 46 heavy (non-hydrogen) atoms. The number of nitrogens with one attached hydrogen (secondary N) is 1. The second-order valence-corrected chi connectivity index (χ2v) is 13.2. The first-order valence-corrected chi connectivity index (χ1v) is 15.3. The van der Waals surface area contributed by atoms with Crippen molar-refractivity contribution in [2.24, 2.45) is 0 Å². The summed E-state index contributed by atoms with van der Waals surface area (Å²) in [6.45, 7) is 8.30. The molecule has 4 aliphatic heterocycles. The third-order valence-electron chi connectivity index (χ3n) is 9.82. The summed E-state index contributed by atoms with van der Waals surface area (Å²) in [6.07, 6.45) is 9.67. The molecule has 0 aliphatic carbocycles. The number of terminal acetylenes is 1. The number of rotatable bonds is 5. The number of nitrogens with zero attached hydrogens (tertiary/aromatic N) is 5. The second-order valence-electron chi connectivity index (χ2n) is 13.2. The zero-order chi connectivity index (χ0) is 34.5. The molecule has 234 valence electrons. The van der Waals surface area contributed by atoms with Crippen molar-refractivity contribution in [3.8, 4) is 35.4 Å². The van der Waals surface area contributed by atoms with Crippen LogP contribution in [0.3, 0.4) is 0 Å². The molecule has 2 aromatic heterocycles. The molecule has 2 bridgehead atoms. The van der Waals surface area contributed by atoms with Crippen molar-refractivity contribution < 1.29 is 22.7 Å². The number of piperazine rings is 1. The summed E-state index contributed by atoms with van der Waals surface area (Å²) < 4.78 is 63.2. The first-order chi connectivity index (χ1) is 23.3. The molecule has 8 rings (SSSR count). The number of ether oxygens (including phenoxy) is 1. The smallest absolute Gasteiger partial charge is 0.319 e. The normalized spacial score (nSPS) is 25.0. The summed E-state index contributed by atoms with van der Waals surface area (Å²) in [5.74, 6) is 0.956. The average Bonchev–Trinajstić information content (AvgIpc) is 3.64. The first-order valence-electron chi connectivity index (χ1n) is 16.8. The van der Waals surface area contributed by atoms with Gasteiger partial charge < -0.3 is 20.1 Å². The molecule has 0 spiro atoms. The van der Waals surface area contributed by atoms with E-state index in [0.29, 0.717) is 43.4 Å². The first kappa shape index (κ1) is 25.6. The van der Waals surface area contributed by atoms with E-state index in [1.807, 2.05) is 4.90 Å². The van der Waals surface area contributed by atoms with Crippen molar-refractivity contribution in [2.45, 2.75) is 49.7 Å². The fraction of sp³-hybridized carbons (Fsp3) is 0.361. The van der Waals surface area contributed by atoms with Crippen LogP contribution < -0.4 is 15.0 Å². The molecule has 6 heterocycles. The van der Waals surface area contributed by atoms with Gasteiger partial charge in [0.05, 0.1) is 16.5 Å². The van der Waals surface area contributed by atoms with E-state index < -0.39 is 24.0 Å². The molecule has 2 aromatic carbocycles. The molecular formula is C36H34F2N6O2. The van der Waals surface area contributed by atoms with Crippen LogP contribution in [0.2, 0.25) is 0 Å². The van der Waals surface area contributed by atoms with Crippen LogP contribution in [-0.2, 0) is 0 Å². The van der Waals surface area contributed by atoms with E-state index in [0.717, 1.165) is 24.2 Å². The van der Waals surface area contributed by atoms with Crippen LogP contribution in [0.15, 0.2) is 54.8 Å². The van der Waals surface area contributed by atoms with Crippen molar-refractivity contribution in [2.75, 3.05) is 37.7 Å². The van der Waals surface area contributed by atoms with Crippen molar-refractivity contribution in [3.05, 3.63) is 72.0 Å². The van der Waals surface area contributed by atoms with Gasteiger partial charge in [-0.1, -0.05) is 36.3 Å². The lowest BCUT2D eigenvalue weighted by Gasteiger charge is -2.40. The Labute approximate surface area is 270 Å². The Kier molecular flexibility index (Phi) is 5.68. The second kappa shape index (κ2) is 10.2. The highest BCUT2D eigenvalue weighted by molar-refractivity contribution is 6.03. The van der Waals surface area contributed by atoms with Gasteiger partial charge in [0.15, 0.2) is 5.82 Å².